The molecule has 0 saturated carbocycles. The van der Waals surface area contributed by atoms with Crippen molar-refractivity contribution in [3.63, 3.8) is 0 Å². The molecule has 1 aromatic carbocycles. The predicted octanol–water partition coefficient (Wildman–Crippen LogP) is 2.46. The zero-order valence-electron chi connectivity index (χ0n) is 10.5. The summed E-state index contributed by atoms with van der Waals surface area (Å²) in [5.74, 6) is -0.364. The molecule has 20 heavy (non-hydrogen) atoms. The van der Waals surface area contributed by atoms with Crippen LogP contribution in [0.2, 0.25) is 0 Å². The van der Waals surface area contributed by atoms with Crippen LogP contribution in [0.1, 0.15) is 5.56 Å². The van der Waals surface area contributed by atoms with Gasteiger partial charge < -0.3 is 0 Å². The topological polar surface area (TPSA) is 54.4 Å². The zero-order valence-corrected chi connectivity index (χ0v) is 11.3. The van der Waals surface area contributed by atoms with Crippen molar-refractivity contribution in [2.24, 2.45) is 5.10 Å². The molecule has 0 aliphatic carbocycles. The molecule has 0 aliphatic rings. The summed E-state index contributed by atoms with van der Waals surface area (Å²) in [6.45, 7) is 0. The number of benzene rings is 1. The molecule has 0 bridgehead atoms. The number of hydrogen-bond donors (Lipinski definition) is 1. The SMILES string of the molecule is O=C(CSc1ccccn1)N/N=C/c1cccc(F)c1. The second-order valence-electron chi connectivity index (χ2n) is 3.80. The van der Waals surface area contributed by atoms with E-state index in [1.807, 2.05) is 18.2 Å². The first-order chi connectivity index (χ1) is 9.74. The Hall–Kier alpha value is -2.21. The van der Waals surface area contributed by atoms with Gasteiger partial charge in [-0.1, -0.05) is 30.0 Å². The highest BCUT2D eigenvalue weighted by Crippen LogP contribution is 2.12. The van der Waals surface area contributed by atoms with Crippen molar-refractivity contribution < 1.29 is 9.18 Å². The van der Waals surface area contributed by atoms with Gasteiger partial charge in [0.2, 0.25) is 5.91 Å². The molecule has 0 fully saturated rings. The fourth-order valence-electron chi connectivity index (χ4n) is 1.37. The molecule has 4 nitrogen and oxygen atoms in total. The normalized spacial score (nSPS) is 10.7. The number of nitrogens with zero attached hydrogens (tertiary/aromatic N) is 2. The lowest BCUT2D eigenvalue weighted by Crippen LogP contribution is -2.19. The van der Waals surface area contributed by atoms with Crippen LogP contribution in [0.15, 0.2) is 58.8 Å². The third kappa shape index (κ3) is 4.81. The maximum absolute atomic E-state index is 12.9. The van der Waals surface area contributed by atoms with Gasteiger partial charge in [-0.05, 0) is 29.8 Å². The molecule has 0 atom stereocenters. The first kappa shape index (κ1) is 14.2. The fraction of sp³-hybridized carbons (Fsp3) is 0.0714. The van der Waals surface area contributed by atoms with Crippen LogP contribution in [0, 0.1) is 5.82 Å². The molecule has 102 valence electrons. The number of rotatable bonds is 5. The molecule has 0 radical (unpaired) electrons. The van der Waals surface area contributed by atoms with E-state index in [-0.39, 0.29) is 17.5 Å². The molecule has 1 aromatic heterocycles. The third-order valence-corrected chi connectivity index (χ3v) is 3.18. The van der Waals surface area contributed by atoms with E-state index in [2.05, 4.69) is 15.5 Å². The maximum atomic E-state index is 12.9. The number of carbonyl (C=O) groups is 1. The van der Waals surface area contributed by atoms with Crippen LogP contribution < -0.4 is 5.43 Å². The van der Waals surface area contributed by atoms with E-state index in [1.54, 1.807) is 18.3 Å². The summed E-state index contributed by atoms with van der Waals surface area (Å²) in [7, 11) is 0. The minimum Gasteiger partial charge on any atom is -0.272 e. The molecule has 1 amide bonds. The number of nitrogens with one attached hydrogen (secondary N) is 1. The molecule has 6 heteroatoms. The number of amides is 1. The maximum Gasteiger partial charge on any atom is 0.250 e. The van der Waals surface area contributed by atoms with Gasteiger partial charge in [-0.15, -0.1) is 0 Å². The van der Waals surface area contributed by atoms with Crippen LogP contribution in [-0.4, -0.2) is 22.9 Å². The van der Waals surface area contributed by atoms with E-state index in [9.17, 15) is 9.18 Å². The Morgan fingerprint density at radius 3 is 3.00 bits per heavy atom. The van der Waals surface area contributed by atoms with E-state index >= 15 is 0 Å². The Labute approximate surface area is 120 Å². The Morgan fingerprint density at radius 2 is 2.25 bits per heavy atom. The zero-order chi connectivity index (χ0) is 14.2. The molecular weight excluding hydrogens is 277 g/mol. The Balaban J connectivity index is 1.78. The van der Waals surface area contributed by atoms with E-state index < -0.39 is 0 Å². The summed E-state index contributed by atoms with van der Waals surface area (Å²) >= 11 is 1.32. The smallest absolute Gasteiger partial charge is 0.250 e. The monoisotopic (exact) mass is 289 g/mol. The number of halogens is 1. The van der Waals surface area contributed by atoms with Gasteiger partial charge in [0.1, 0.15) is 5.82 Å². The molecule has 1 N–H and O–H groups in total. The summed E-state index contributed by atoms with van der Waals surface area (Å²) in [6.07, 6.45) is 3.06. The predicted molar refractivity (Wildman–Crippen MR) is 77.1 cm³/mol. The molecule has 2 aromatic rings. The lowest BCUT2D eigenvalue weighted by molar-refractivity contribution is -0.118. The summed E-state index contributed by atoms with van der Waals surface area (Å²) in [4.78, 5) is 15.6. The summed E-state index contributed by atoms with van der Waals surface area (Å²) in [6, 6.07) is 11.4. The van der Waals surface area contributed by atoms with Crippen molar-refractivity contribution in [1.29, 1.82) is 0 Å². The van der Waals surface area contributed by atoms with Crippen LogP contribution in [0.25, 0.3) is 0 Å². The highest BCUT2D eigenvalue weighted by molar-refractivity contribution is 7.99. The van der Waals surface area contributed by atoms with Gasteiger partial charge in [0.05, 0.1) is 17.0 Å². The van der Waals surface area contributed by atoms with Crippen molar-refractivity contribution in [2.75, 3.05) is 5.75 Å². The first-order valence-corrected chi connectivity index (χ1v) is 6.84. The molecule has 0 aliphatic heterocycles. The molecular formula is C14H12FN3OS. The summed E-state index contributed by atoms with van der Waals surface area (Å²) in [5.41, 5.74) is 2.97. The van der Waals surface area contributed by atoms with E-state index in [0.717, 1.165) is 5.03 Å². The van der Waals surface area contributed by atoms with Gasteiger partial charge in [0.25, 0.3) is 0 Å². The Bertz CT molecular complexity index is 604. The summed E-state index contributed by atoms with van der Waals surface area (Å²) in [5, 5.41) is 4.54. The van der Waals surface area contributed by atoms with Gasteiger partial charge >= 0.3 is 0 Å². The number of aromatic nitrogens is 1. The minimum absolute atomic E-state index is 0.220. The molecule has 2 rings (SSSR count). The highest BCUT2D eigenvalue weighted by Gasteiger charge is 2.01. The lowest BCUT2D eigenvalue weighted by Gasteiger charge is -1.99. The third-order valence-electron chi connectivity index (χ3n) is 2.24. The van der Waals surface area contributed by atoms with Crippen LogP contribution in [0.5, 0.6) is 0 Å². The Kier molecular flexibility index (Phi) is 5.25. The molecule has 0 spiro atoms. The number of hydrazone groups is 1. The molecule has 0 unspecified atom stereocenters. The van der Waals surface area contributed by atoms with E-state index in [1.165, 1.54) is 30.1 Å². The highest BCUT2D eigenvalue weighted by atomic mass is 32.2. The van der Waals surface area contributed by atoms with Gasteiger partial charge in [0.15, 0.2) is 0 Å². The average Bonchev–Trinajstić information content (AvgIpc) is 2.46. The van der Waals surface area contributed by atoms with Crippen molar-refractivity contribution in [2.45, 2.75) is 5.03 Å². The van der Waals surface area contributed by atoms with Crippen LogP contribution in [0.3, 0.4) is 0 Å². The van der Waals surface area contributed by atoms with Gasteiger partial charge in [0, 0.05) is 6.20 Å². The number of thioether (sulfide) groups is 1. The van der Waals surface area contributed by atoms with Gasteiger partial charge in [-0.3, -0.25) is 4.79 Å². The van der Waals surface area contributed by atoms with E-state index in [0.29, 0.717) is 5.56 Å². The summed E-state index contributed by atoms with van der Waals surface area (Å²) < 4.78 is 12.9. The molecule has 1 heterocycles. The largest absolute Gasteiger partial charge is 0.272 e. The van der Waals surface area contributed by atoms with E-state index in [4.69, 9.17) is 0 Å². The fourth-order valence-corrected chi connectivity index (χ4v) is 2.02. The Morgan fingerprint density at radius 1 is 1.35 bits per heavy atom. The van der Waals surface area contributed by atoms with Gasteiger partial charge in [-0.25, -0.2) is 14.8 Å². The number of pyridine rings is 1. The van der Waals surface area contributed by atoms with Crippen molar-refractivity contribution in [3.05, 3.63) is 60.0 Å². The van der Waals surface area contributed by atoms with Crippen molar-refractivity contribution in [1.82, 2.24) is 10.4 Å². The van der Waals surface area contributed by atoms with Crippen LogP contribution in [-0.2, 0) is 4.79 Å². The standard InChI is InChI=1S/C14H12FN3OS/c15-12-5-3-4-11(8-12)9-17-18-13(19)10-20-14-6-1-2-7-16-14/h1-9H,10H2,(H,18,19)/b17-9+. The minimum atomic E-state index is -0.342. The quantitative estimate of drug-likeness (QED) is 0.522. The van der Waals surface area contributed by atoms with Crippen molar-refractivity contribution >= 4 is 23.9 Å². The second kappa shape index (κ2) is 7.40. The first-order valence-electron chi connectivity index (χ1n) is 5.85. The second-order valence-corrected chi connectivity index (χ2v) is 4.80. The van der Waals surface area contributed by atoms with Crippen molar-refractivity contribution in [3.8, 4) is 0 Å². The lowest BCUT2D eigenvalue weighted by atomic mass is 10.2. The number of carbonyl (C=O) groups excluding carboxylic acids is 1. The van der Waals surface area contributed by atoms with Crippen LogP contribution in [0.4, 0.5) is 4.39 Å². The molecule has 0 saturated heterocycles. The van der Waals surface area contributed by atoms with Gasteiger partial charge in [-0.2, -0.15) is 5.10 Å². The number of hydrogen-bond acceptors (Lipinski definition) is 4. The van der Waals surface area contributed by atoms with Crippen LogP contribution >= 0.6 is 11.8 Å². The average molecular weight is 289 g/mol.